The summed E-state index contributed by atoms with van der Waals surface area (Å²) in [5.74, 6) is 0.761. The fourth-order valence-electron chi connectivity index (χ4n) is 4.26. The van der Waals surface area contributed by atoms with Gasteiger partial charge in [0.1, 0.15) is 10.8 Å². The Labute approximate surface area is 196 Å². The minimum absolute atomic E-state index is 0.142. The Bertz CT molecular complexity index is 1310. The fourth-order valence-corrected chi connectivity index (χ4v) is 4.81. The van der Waals surface area contributed by atoms with Gasteiger partial charge in [-0.05, 0) is 37.1 Å². The maximum Gasteiger partial charge on any atom is 0.253 e. The van der Waals surface area contributed by atoms with E-state index >= 15 is 0 Å². The van der Waals surface area contributed by atoms with E-state index in [0.717, 1.165) is 58.4 Å². The van der Waals surface area contributed by atoms with Crippen molar-refractivity contribution in [2.24, 2.45) is 7.05 Å². The molecule has 0 unspecified atom stereocenters. The van der Waals surface area contributed by atoms with E-state index in [0.29, 0.717) is 12.1 Å². The van der Waals surface area contributed by atoms with Crippen LogP contribution in [0.5, 0.6) is 0 Å². The molecule has 0 bridgehead atoms. The molecule has 0 atom stereocenters. The molecule has 0 radical (unpaired) electrons. The molecule has 5 rings (SSSR count). The normalized spacial score (nSPS) is 13.1. The summed E-state index contributed by atoms with van der Waals surface area (Å²) < 4.78 is 1.83. The zero-order valence-corrected chi connectivity index (χ0v) is 19.7. The van der Waals surface area contributed by atoms with Crippen LogP contribution < -0.4 is 10.2 Å². The van der Waals surface area contributed by atoms with E-state index in [2.05, 4.69) is 31.3 Å². The van der Waals surface area contributed by atoms with E-state index < -0.39 is 0 Å². The predicted octanol–water partition coefficient (Wildman–Crippen LogP) is 3.44. The van der Waals surface area contributed by atoms with Gasteiger partial charge in [0.05, 0.1) is 17.8 Å². The third-order valence-electron chi connectivity index (χ3n) is 5.86. The number of nitrogens with one attached hydrogen (secondary N) is 1. The predicted molar refractivity (Wildman–Crippen MR) is 128 cm³/mol. The van der Waals surface area contributed by atoms with Crippen molar-refractivity contribution in [1.82, 2.24) is 30.0 Å². The van der Waals surface area contributed by atoms with Gasteiger partial charge in [0.2, 0.25) is 0 Å². The highest BCUT2D eigenvalue weighted by Gasteiger charge is 2.22. The van der Waals surface area contributed by atoms with E-state index in [1.807, 2.05) is 49.4 Å². The number of pyridine rings is 2. The molecule has 33 heavy (non-hydrogen) atoms. The highest BCUT2D eigenvalue weighted by Crippen LogP contribution is 2.29. The molecule has 1 N–H and O–H groups in total. The van der Waals surface area contributed by atoms with Crippen molar-refractivity contribution in [3.05, 3.63) is 75.4 Å². The maximum absolute atomic E-state index is 12.5. The SMILES string of the molecule is Cc1cc(C(=O)NCc2nccs2)cnc1N1CCc2ncc(-c3cn(C)nc3C)cc2C1. The van der Waals surface area contributed by atoms with Crippen LogP contribution in [-0.4, -0.2) is 37.2 Å². The number of hydrogen-bond donors (Lipinski definition) is 1. The van der Waals surface area contributed by atoms with Gasteiger partial charge >= 0.3 is 0 Å². The number of aryl methyl sites for hydroxylation is 3. The quantitative estimate of drug-likeness (QED) is 0.492. The molecule has 1 aliphatic heterocycles. The summed E-state index contributed by atoms with van der Waals surface area (Å²) in [6, 6.07) is 4.12. The van der Waals surface area contributed by atoms with Gasteiger partial charge in [-0.15, -0.1) is 11.3 Å². The molecule has 0 saturated heterocycles. The summed E-state index contributed by atoms with van der Waals surface area (Å²) in [5.41, 5.74) is 7.05. The van der Waals surface area contributed by atoms with Crippen LogP contribution in [0.3, 0.4) is 0 Å². The third-order valence-corrected chi connectivity index (χ3v) is 6.64. The largest absolute Gasteiger partial charge is 0.352 e. The number of carbonyl (C=O) groups is 1. The number of anilines is 1. The van der Waals surface area contributed by atoms with E-state index in [-0.39, 0.29) is 5.91 Å². The Morgan fingerprint density at radius 3 is 2.79 bits per heavy atom. The van der Waals surface area contributed by atoms with Crippen molar-refractivity contribution in [1.29, 1.82) is 0 Å². The van der Waals surface area contributed by atoms with Crippen molar-refractivity contribution in [2.45, 2.75) is 33.4 Å². The van der Waals surface area contributed by atoms with Crippen molar-refractivity contribution in [3.63, 3.8) is 0 Å². The molecule has 0 aromatic carbocycles. The number of rotatable bonds is 5. The number of thiazole rings is 1. The topological polar surface area (TPSA) is 88.8 Å². The number of hydrogen-bond acceptors (Lipinski definition) is 7. The van der Waals surface area contributed by atoms with E-state index in [9.17, 15) is 4.79 Å². The van der Waals surface area contributed by atoms with Gasteiger partial charge < -0.3 is 10.2 Å². The lowest BCUT2D eigenvalue weighted by Gasteiger charge is -2.30. The molecular weight excluding hydrogens is 434 g/mol. The Kier molecular flexibility index (Phi) is 5.63. The fraction of sp³-hybridized carbons (Fsp3) is 0.292. The van der Waals surface area contributed by atoms with Gasteiger partial charge in [0.25, 0.3) is 5.91 Å². The first-order valence-corrected chi connectivity index (χ1v) is 11.7. The van der Waals surface area contributed by atoms with Gasteiger partial charge in [0, 0.05) is 73.5 Å². The van der Waals surface area contributed by atoms with E-state index in [4.69, 9.17) is 4.98 Å². The first-order valence-electron chi connectivity index (χ1n) is 10.8. The standard InChI is InChI=1S/C24H25N7OS/c1-15-8-18(24(32)28-12-22-25-5-7-33-22)11-27-23(15)31-6-4-21-19(13-31)9-17(10-26-21)20-14-30(3)29-16(20)2/h5,7-11,14H,4,6,12-13H2,1-3H3,(H,28,32). The van der Waals surface area contributed by atoms with Gasteiger partial charge in [0.15, 0.2) is 0 Å². The first kappa shape index (κ1) is 21.3. The molecule has 0 saturated carbocycles. The maximum atomic E-state index is 12.5. The first-order chi connectivity index (χ1) is 16.0. The molecule has 0 spiro atoms. The Morgan fingerprint density at radius 1 is 1.18 bits per heavy atom. The minimum Gasteiger partial charge on any atom is -0.352 e. The van der Waals surface area contributed by atoms with Crippen molar-refractivity contribution < 1.29 is 4.79 Å². The summed E-state index contributed by atoms with van der Waals surface area (Å²) in [6.07, 6.45) is 8.23. The smallest absolute Gasteiger partial charge is 0.253 e. The average molecular weight is 460 g/mol. The summed E-state index contributed by atoms with van der Waals surface area (Å²) in [6.45, 7) is 6.02. The number of amides is 1. The van der Waals surface area contributed by atoms with Crippen molar-refractivity contribution >= 4 is 23.1 Å². The molecule has 1 aliphatic rings. The molecular formula is C24H25N7OS. The average Bonchev–Trinajstić information content (AvgIpc) is 3.45. The molecule has 168 valence electrons. The summed E-state index contributed by atoms with van der Waals surface area (Å²) >= 11 is 1.52. The number of carbonyl (C=O) groups excluding carboxylic acids is 1. The monoisotopic (exact) mass is 459 g/mol. The number of fused-ring (bicyclic) bond motifs is 1. The van der Waals surface area contributed by atoms with Crippen LogP contribution in [0.25, 0.3) is 11.1 Å². The Hall–Kier alpha value is -3.59. The second-order valence-electron chi connectivity index (χ2n) is 8.28. The molecule has 0 aliphatic carbocycles. The number of aromatic nitrogens is 5. The zero-order chi connectivity index (χ0) is 22.9. The molecule has 8 nitrogen and oxygen atoms in total. The molecule has 1 amide bonds. The van der Waals surface area contributed by atoms with Crippen LogP contribution in [0.1, 0.15) is 37.9 Å². The van der Waals surface area contributed by atoms with Gasteiger partial charge in [-0.3, -0.25) is 14.5 Å². The van der Waals surface area contributed by atoms with Crippen LogP contribution in [0.4, 0.5) is 5.82 Å². The lowest BCUT2D eigenvalue weighted by Crippen LogP contribution is -2.32. The highest BCUT2D eigenvalue weighted by atomic mass is 32.1. The minimum atomic E-state index is -0.142. The lowest BCUT2D eigenvalue weighted by atomic mass is 10.0. The van der Waals surface area contributed by atoms with Crippen molar-refractivity contribution in [2.75, 3.05) is 11.4 Å². The second-order valence-corrected chi connectivity index (χ2v) is 9.26. The summed E-state index contributed by atoms with van der Waals surface area (Å²) in [4.78, 5) is 28.4. The molecule has 9 heteroatoms. The van der Waals surface area contributed by atoms with Crippen LogP contribution >= 0.6 is 11.3 Å². The molecule has 4 aromatic rings. The van der Waals surface area contributed by atoms with Gasteiger partial charge in [-0.1, -0.05) is 0 Å². The highest BCUT2D eigenvalue weighted by molar-refractivity contribution is 7.09. The zero-order valence-electron chi connectivity index (χ0n) is 18.9. The summed E-state index contributed by atoms with van der Waals surface area (Å²) in [5, 5.41) is 10.1. The lowest BCUT2D eigenvalue weighted by molar-refractivity contribution is 0.0950. The van der Waals surface area contributed by atoms with Gasteiger partial charge in [-0.25, -0.2) is 9.97 Å². The van der Waals surface area contributed by atoms with E-state index in [1.54, 1.807) is 12.4 Å². The third kappa shape index (κ3) is 4.36. The Balaban J connectivity index is 1.33. The van der Waals surface area contributed by atoms with Crippen LogP contribution in [0, 0.1) is 13.8 Å². The second kappa shape index (κ2) is 8.74. The summed E-state index contributed by atoms with van der Waals surface area (Å²) in [7, 11) is 1.93. The Morgan fingerprint density at radius 2 is 2.06 bits per heavy atom. The van der Waals surface area contributed by atoms with Crippen LogP contribution in [-0.2, 0) is 26.6 Å². The molecule has 4 aromatic heterocycles. The molecule has 5 heterocycles. The van der Waals surface area contributed by atoms with Crippen molar-refractivity contribution in [3.8, 4) is 11.1 Å². The van der Waals surface area contributed by atoms with Crippen LogP contribution in [0.2, 0.25) is 0 Å². The van der Waals surface area contributed by atoms with Gasteiger partial charge in [-0.2, -0.15) is 5.10 Å². The van der Waals surface area contributed by atoms with E-state index in [1.165, 1.54) is 16.9 Å². The van der Waals surface area contributed by atoms with Crippen LogP contribution in [0.15, 0.2) is 42.3 Å². The molecule has 0 fully saturated rings. The number of nitrogens with zero attached hydrogens (tertiary/aromatic N) is 6.